The lowest BCUT2D eigenvalue weighted by molar-refractivity contribution is -0.173. The Labute approximate surface area is 179 Å². The molecule has 6 heteroatoms. The molecule has 0 saturated carbocycles. The Kier molecular flexibility index (Phi) is 8.37. The third-order valence-electron chi connectivity index (χ3n) is 5.70. The summed E-state index contributed by atoms with van der Waals surface area (Å²) in [6, 6.07) is 12.8. The van der Waals surface area contributed by atoms with Gasteiger partial charge in [-0.3, -0.25) is 9.78 Å². The molecule has 0 unspecified atom stereocenters. The average Bonchev–Trinajstić information content (AvgIpc) is 2.75. The lowest BCUT2D eigenvalue weighted by atomic mass is 10.0. The van der Waals surface area contributed by atoms with Crippen LogP contribution in [0.3, 0.4) is 0 Å². The largest absolute Gasteiger partial charge is 0.368 e. The molecule has 0 bridgehead atoms. The first-order valence-corrected chi connectivity index (χ1v) is 10.8. The summed E-state index contributed by atoms with van der Waals surface area (Å²) >= 11 is 0. The fourth-order valence-corrected chi connectivity index (χ4v) is 3.92. The first-order chi connectivity index (χ1) is 14.5. The first kappa shape index (κ1) is 22.4. The number of benzene rings is 1. The van der Waals surface area contributed by atoms with Gasteiger partial charge >= 0.3 is 0 Å². The van der Waals surface area contributed by atoms with E-state index < -0.39 is 6.29 Å². The van der Waals surface area contributed by atoms with E-state index in [9.17, 15) is 9.90 Å². The highest BCUT2D eigenvalue weighted by molar-refractivity contribution is 5.76. The summed E-state index contributed by atoms with van der Waals surface area (Å²) in [6.45, 7) is 3.34. The fraction of sp³-hybridized carbons (Fsp3) is 0.500. The van der Waals surface area contributed by atoms with Gasteiger partial charge in [-0.15, -0.1) is 0 Å². The smallest absolute Gasteiger partial charge is 0.221 e. The molecule has 2 N–H and O–H groups in total. The molecule has 2 heterocycles. The Balaban J connectivity index is 1.32. The zero-order valence-electron chi connectivity index (χ0n) is 18.0. The monoisotopic (exact) mass is 411 g/mol. The number of hydrogen-bond acceptors (Lipinski definition) is 5. The second-order valence-electron chi connectivity index (χ2n) is 8.15. The highest BCUT2D eigenvalue weighted by Crippen LogP contribution is 2.22. The Bertz CT molecular complexity index is 772. The van der Waals surface area contributed by atoms with Crippen molar-refractivity contribution in [1.29, 1.82) is 0 Å². The van der Waals surface area contributed by atoms with Crippen LogP contribution < -0.4 is 5.32 Å². The molecule has 1 fully saturated rings. The van der Waals surface area contributed by atoms with E-state index in [4.69, 9.17) is 4.74 Å². The van der Waals surface area contributed by atoms with Gasteiger partial charge in [-0.05, 0) is 56.0 Å². The van der Waals surface area contributed by atoms with Crippen LogP contribution in [0.4, 0.5) is 0 Å². The third kappa shape index (κ3) is 6.90. The van der Waals surface area contributed by atoms with Gasteiger partial charge in [-0.2, -0.15) is 0 Å². The van der Waals surface area contributed by atoms with Gasteiger partial charge in [0, 0.05) is 44.4 Å². The molecule has 0 radical (unpaired) electrons. The van der Waals surface area contributed by atoms with Crippen LogP contribution in [0, 0.1) is 0 Å². The topological polar surface area (TPSA) is 74.7 Å². The maximum Gasteiger partial charge on any atom is 0.221 e. The SMILES string of the molecule is C[C@@H]1C[C@H](N(C)CCC(=O)NCCCc2ccc(-c3cccnc3)cc2)C[C@H](O)O1. The minimum absolute atomic E-state index is 0.0495. The number of aryl methyl sites for hydroxylation is 1. The van der Waals surface area contributed by atoms with Gasteiger partial charge in [0.25, 0.3) is 0 Å². The van der Waals surface area contributed by atoms with Crippen molar-refractivity contribution in [2.45, 2.75) is 57.5 Å². The summed E-state index contributed by atoms with van der Waals surface area (Å²) in [5.41, 5.74) is 3.55. The maximum atomic E-state index is 12.2. The van der Waals surface area contributed by atoms with Gasteiger partial charge in [0.2, 0.25) is 5.91 Å². The number of amides is 1. The van der Waals surface area contributed by atoms with Crippen LogP contribution in [-0.4, -0.2) is 59.5 Å². The molecule has 30 heavy (non-hydrogen) atoms. The zero-order valence-corrected chi connectivity index (χ0v) is 18.0. The Hall–Kier alpha value is -2.28. The molecule has 1 aromatic carbocycles. The molecule has 1 aliphatic rings. The molecule has 3 rings (SSSR count). The van der Waals surface area contributed by atoms with Crippen LogP contribution in [0.15, 0.2) is 48.8 Å². The summed E-state index contributed by atoms with van der Waals surface area (Å²) in [7, 11) is 2.01. The van der Waals surface area contributed by atoms with Gasteiger partial charge < -0.3 is 20.1 Å². The molecule has 1 aromatic heterocycles. The quantitative estimate of drug-likeness (QED) is 0.621. The number of nitrogens with zero attached hydrogens (tertiary/aromatic N) is 2. The van der Waals surface area contributed by atoms with E-state index in [2.05, 4.69) is 45.5 Å². The molecule has 1 aliphatic heterocycles. The van der Waals surface area contributed by atoms with Crippen molar-refractivity contribution < 1.29 is 14.6 Å². The van der Waals surface area contributed by atoms with Gasteiger partial charge in [-0.25, -0.2) is 0 Å². The summed E-state index contributed by atoms with van der Waals surface area (Å²) in [5, 5.41) is 12.8. The minimum Gasteiger partial charge on any atom is -0.368 e. The van der Waals surface area contributed by atoms with Crippen molar-refractivity contribution in [2.24, 2.45) is 0 Å². The van der Waals surface area contributed by atoms with E-state index in [1.807, 2.05) is 26.2 Å². The Morgan fingerprint density at radius 2 is 2.03 bits per heavy atom. The highest BCUT2D eigenvalue weighted by Gasteiger charge is 2.28. The number of pyridine rings is 1. The van der Waals surface area contributed by atoms with Crippen molar-refractivity contribution in [2.75, 3.05) is 20.1 Å². The number of rotatable bonds is 9. The summed E-state index contributed by atoms with van der Waals surface area (Å²) < 4.78 is 5.37. The second kappa shape index (κ2) is 11.2. The number of hydrogen-bond donors (Lipinski definition) is 2. The standard InChI is InChI=1S/C24H33N3O3/c1-18-15-22(16-24(29)30-18)27(2)14-11-23(28)26-13-3-5-19-7-9-20(10-8-19)21-6-4-12-25-17-21/h4,6-10,12,17-18,22,24,29H,3,5,11,13-16H2,1-2H3,(H,26,28)/t18-,22+,24-/m1/s1. The third-order valence-corrected chi connectivity index (χ3v) is 5.70. The van der Waals surface area contributed by atoms with Gasteiger partial charge in [0.05, 0.1) is 6.10 Å². The molecule has 0 aliphatic carbocycles. The van der Waals surface area contributed by atoms with Crippen molar-refractivity contribution in [3.63, 3.8) is 0 Å². The zero-order chi connectivity index (χ0) is 21.3. The molecule has 1 amide bonds. The molecule has 2 aromatic rings. The fourth-order valence-electron chi connectivity index (χ4n) is 3.92. The second-order valence-corrected chi connectivity index (χ2v) is 8.15. The number of carbonyl (C=O) groups is 1. The number of ether oxygens (including phenoxy) is 1. The number of aliphatic hydroxyl groups excluding tert-OH is 1. The van der Waals surface area contributed by atoms with Crippen molar-refractivity contribution in [1.82, 2.24) is 15.2 Å². The van der Waals surface area contributed by atoms with Crippen LogP contribution >= 0.6 is 0 Å². The van der Waals surface area contributed by atoms with Crippen LogP contribution in [-0.2, 0) is 16.0 Å². The lowest BCUT2D eigenvalue weighted by Gasteiger charge is -2.36. The molecular weight excluding hydrogens is 378 g/mol. The maximum absolute atomic E-state index is 12.2. The Morgan fingerprint density at radius 1 is 1.23 bits per heavy atom. The first-order valence-electron chi connectivity index (χ1n) is 10.8. The number of carbonyl (C=O) groups excluding carboxylic acids is 1. The number of aliphatic hydroxyl groups is 1. The average molecular weight is 412 g/mol. The predicted octanol–water partition coefficient (Wildman–Crippen LogP) is 3.01. The van der Waals surface area contributed by atoms with E-state index >= 15 is 0 Å². The van der Waals surface area contributed by atoms with E-state index in [0.29, 0.717) is 25.9 Å². The van der Waals surface area contributed by atoms with Crippen LogP contribution in [0.2, 0.25) is 0 Å². The van der Waals surface area contributed by atoms with Gasteiger partial charge in [0.1, 0.15) is 0 Å². The van der Waals surface area contributed by atoms with Crippen LogP contribution in [0.1, 0.15) is 38.2 Å². The number of nitrogens with one attached hydrogen (secondary N) is 1. The Morgan fingerprint density at radius 3 is 2.73 bits per heavy atom. The summed E-state index contributed by atoms with van der Waals surface area (Å²) in [4.78, 5) is 18.5. The van der Waals surface area contributed by atoms with Crippen molar-refractivity contribution in [3.8, 4) is 11.1 Å². The molecule has 6 nitrogen and oxygen atoms in total. The van der Waals surface area contributed by atoms with E-state index in [0.717, 1.165) is 30.4 Å². The van der Waals surface area contributed by atoms with Crippen LogP contribution in [0.5, 0.6) is 0 Å². The molecule has 0 spiro atoms. The van der Waals surface area contributed by atoms with Crippen LogP contribution in [0.25, 0.3) is 11.1 Å². The van der Waals surface area contributed by atoms with E-state index in [1.165, 1.54) is 5.56 Å². The molecular formula is C24H33N3O3. The van der Waals surface area contributed by atoms with Gasteiger partial charge in [0.15, 0.2) is 6.29 Å². The van der Waals surface area contributed by atoms with Crippen molar-refractivity contribution in [3.05, 3.63) is 54.4 Å². The van der Waals surface area contributed by atoms with Gasteiger partial charge in [-0.1, -0.05) is 30.3 Å². The molecule has 1 saturated heterocycles. The number of aromatic nitrogens is 1. The normalized spacial score (nSPS) is 21.5. The minimum atomic E-state index is -0.701. The summed E-state index contributed by atoms with van der Waals surface area (Å²) in [5.74, 6) is 0.0782. The van der Waals surface area contributed by atoms with Crippen molar-refractivity contribution >= 4 is 5.91 Å². The molecule has 162 valence electrons. The highest BCUT2D eigenvalue weighted by atomic mass is 16.6. The summed E-state index contributed by atoms with van der Waals surface area (Å²) in [6.07, 6.45) is 6.80. The molecule has 3 atom stereocenters. The lowest BCUT2D eigenvalue weighted by Crippen LogP contribution is -2.44. The van der Waals surface area contributed by atoms with E-state index in [1.54, 1.807) is 6.20 Å². The van der Waals surface area contributed by atoms with E-state index in [-0.39, 0.29) is 18.1 Å². The predicted molar refractivity (Wildman–Crippen MR) is 118 cm³/mol.